The molecule has 0 heterocycles. The summed E-state index contributed by atoms with van der Waals surface area (Å²) in [4.78, 5) is 0. The lowest BCUT2D eigenvalue weighted by Crippen LogP contribution is -1.99. The van der Waals surface area contributed by atoms with E-state index in [0.717, 1.165) is 17.9 Å². The molecule has 0 unspecified atom stereocenters. The Balaban J connectivity index is 1.87. The molecule has 0 aromatic heterocycles. The van der Waals surface area contributed by atoms with Crippen LogP contribution in [-0.4, -0.2) is 0 Å². The van der Waals surface area contributed by atoms with Crippen molar-refractivity contribution in [2.24, 2.45) is 0 Å². The predicted molar refractivity (Wildman–Crippen MR) is 83.2 cm³/mol. The molecular formula is C17H22N2. The van der Waals surface area contributed by atoms with E-state index in [-0.39, 0.29) is 0 Å². The van der Waals surface area contributed by atoms with E-state index in [1.165, 1.54) is 30.4 Å². The molecule has 0 saturated heterocycles. The number of benzene rings is 2. The van der Waals surface area contributed by atoms with Crippen LogP contribution in [0.3, 0.4) is 0 Å². The van der Waals surface area contributed by atoms with Crippen LogP contribution in [-0.2, 0) is 13.0 Å². The third-order valence-electron chi connectivity index (χ3n) is 3.25. The third-order valence-corrected chi connectivity index (χ3v) is 3.25. The standard InChI is InChI=1S/C17H22N2/c1-2-3-4-14-7-11-17(12-8-14)19-13-15-5-9-16(18)10-6-15/h5-12,19H,2-4,13,18H2,1H3. The van der Waals surface area contributed by atoms with Gasteiger partial charge >= 0.3 is 0 Å². The molecule has 0 aliphatic heterocycles. The molecule has 0 spiro atoms. The first-order chi connectivity index (χ1) is 9.28. The summed E-state index contributed by atoms with van der Waals surface area (Å²) in [7, 11) is 0. The Bertz CT molecular complexity index is 486. The van der Waals surface area contributed by atoms with Gasteiger partial charge in [0.1, 0.15) is 0 Å². The number of unbranched alkanes of at least 4 members (excludes halogenated alkanes) is 1. The number of rotatable bonds is 6. The van der Waals surface area contributed by atoms with Crippen molar-refractivity contribution in [3.8, 4) is 0 Å². The summed E-state index contributed by atoms with van der Waals surface area (Å²) >= 11 is 0. The highest BCUT2D eigenvalue weighted by atomic mass is 14.9. The average molecular weight is 254 g/mol. The summed E-state index contributed by atoms with van der Waals surface area (Å²) in [6.45, 7) is 3.05. The van der Waals surface area contributed by atoms with Gasteiger partial charge in [-0.2, -0.15) is 0 Å². The number of anilines is 2. The Morgan fingerprint density at radius 1 is 0.895 bits per heavy atom. The second-order valence-electron chi connectivity index (χ2n) is 4.90. The number of nitrogens with one attached hydrogen (secondary N) is 1. The lowest BCUT2D eigenvalue weighted by Gasteiger charge is -2.08. The van der Waals surface area contributed by atoms with Gasteiger partial charge in [0.15, 0.2) is 0 Å². The molecule has 0 bridgehead atoms. The topological polar surface area (TPSA) is 38.0 Å². The molecule has 0 aliphatic carbocycles. The number of aryl methyl sites for hydroxylation is 1. The maximum Gasteiger partial charge on any atom is 0.0400 e. The van der Waals surface area contributed by atoms with E-state index in [1.807, 2.05) is 12.1 Å². The first-order valence-electron chi connectivity index (χ1n) is 6.95. The van der Waals surface area contributed by atoms with Crippen LogP contribution in [0, 0.1) is 0 Å². The molecule has 2 rings (SSSR count). The van der Waals surface area contributed by atoms with Gasteiger partial charge in [0.05, 0.1) is 0 Å². The molecule has 100 valence electrons. The molecule has 0 fully saturated rings. The van der Waals surface area contributed by atoms with E-state index in [2.05, 4.69) is 48.6 Å². The van der Waals surface area contributed by atoms with Gasteiger partial charge in [-0.3, -0.25) is 0 Å². The van der Waals surface area contributed by atoms with Gasteiger partial charge in [0.2, 0.25) is 0 Å². The smallest absolute Gasteiger partial charge is 0.0400 e. The molecule has 19 heavy (non-hydrogen) atoms. The van der Waals surface area contributed by atoms with Crippen molar-refractivity contribution in [2.45, 2.75) is 32.7 Å². The van der Waals surface area contributed by atoms with Gasteiger partial charge in [-0.05, 0) is 48.2 Å². The zero-order chi connectivity index (χ0) is 13.5. The lowest BCUT2D eigenvalue weighted by atomic mass is 10.1. The minimum atomic E-state index is 0.809. The van der Waals surface area contributed by atoms with E-state index < -0.39 is 0 Å². The van der Waals surface area contributed by atoms with Crippen molar-refractivity contribution < 1.29 is 0 Å². The minimum absolute atomic E-state index is 0.809. The molecule has 0 saturated carbocycles. The van der Waals surface area contributed by atoms with Crippen molar-refractivity contribution in [1.29, 1.82) is 0 Å². The number of nitrogens with two attached hydrogens (primary N) is 1. The summed E-state index contributed by atoms with van der Waals surface area (Å²) in [5, 5.41) is 3.42. The van der Waals surface area contributed by atoms with Crippen molar-refractivity contribution in [3.63, 3.8) is 0 Å². The van der Waals surface area contributed by atoms with Crippen LogP contribution in [0.5, 0.6) is 0 Å². The first kappa shape index (κ1) is 13.5. The summed E-state index contributed by atoms with van der Waals surface area (Å²) in [6.07, 6.45) is 3.68. The molecule has 0 atom stereocenters. The second-order valence-corrected chi connectivity index (χ2v) is 4.90. The Kier molecular flexibility index (Phi) is 4.85. The van der Waals surface area contributed by atoms with Crippen LogP contribution < -0.4 is 11.1 Å². The Labute approximate surface area is 115 Å². The summed E-state index contributed by atoms with van der Waals surface area (Å²) < 4.78 is 0. The quantitative estimate of drug-likeness (QED) is 0.757. The van der Waals surface area contributed by atoms with E-state index >= 15 is 0 Å². The van der Waals surface area contributed by atoms with Gasteiger partial charge in [0, 0.05) is 17.9 Å². The SMILES string of the molecule is CCCCc1ccc(NCc2ccc(N)cc2)cc1. The first-order valence-corrected chi connectivity index (χ1v) is 6.95. The van der Waals surface area contributed by atoms with Crippen LogP contribution in [0.15, 0.2) is 48.5 Å². The average Bonchev–Trinajstić information content (AvgIpc) is 2.46. The molecule has 0 aliphatic rings. The Morgan fingerprint density at radius 2 is 1.53 bits per heavy atom. The van der Waals surface area contributed by atoms with Crippen LogP contribution in [0.1, 0.15) is 30.9 Å². The van der Waals surface area contributed by atoms with Crippen LogP contribution in [0.4, 0.5) is 11.4 Å². The third kappa shape index (κ3) is 4.32. The van der Waals surface area contributed by atoms with Crippen molar-refractivity contribution in [3.05, 3.63) is 59.7 Å². The summed E-state index contributed by atoms with van der Waals surface area (Å²) in [5.41, 5.74) is 10.3. The maximum atomic E-state index is 5.67. The zero-order valence-electron chi connectivity index (χ0n) is 11.5. The van der Waals surface area contributed by atoms with E-state index in [1.54, 1.807) is 0 Å². The fourth-order valence-corrected chi connectivity index (χ4v) is 2.01. The largest absolute Gasteiger partial charge is 0.399 e. The van der Waals surface area contributed by atoms with Crippen LogP contribution in [0.2, 0.25) is 0 Å². The van der Waals surface area contributed by atoms with Crippen molar-refractivity contribution in [2.75, 3.05) is 11.1 Å². The second kappa shape index (κ2) is 6.83. The molecule has 2 aromatic carbocycles. The maximum absolute atomic E-state index is 5.67. The predicted octanol–water partition coefficient (Wildman–Crippen LogP) is 4.22. The molecule has 3 N–H and O–H groups in total. The zero-order valence-corrected chi connectivity index (χ0v) is 11.5. The minimum Gasteiger partial charge on any atom is -0.399 e. The number of hydrogen-bond donors (Lipinski definition) is 2. The van der Waals surface area contributed by atoms with Gasteiger partial charge in [-0.15, -0.1) is 0 Å². The normalized spacial score (nSPS) is 10.4. The van der Waals surface area contributed by atoms with Gasteiger partial charge in [0.25, 0.3) is 0 Å². The monoisotopic (exact) mass is 254 g/mol. The molecule has 0 amide bonds. The molecule has 2 nitrogen and oxygen atoms in total. The summed E-state index contributed by atoms with van der Waals surface area (Å²) in [6, 6.07) is 16.7. The fourth-order valence-electron chi connectivity index (χ4n) is 2.01. The summed E-state index contributed by atoms with van der Waals surface area (Å²) in [5.74, 6) is 0. The Morgan fingerprint density at radius 3 is 2.16 bits per heavy atom. The fraction of sp³-hybridized carbons (Fsp3) is 0.294. The molecule has 2 aromatic rings. The van der Waals surface area contributed by atoms with Crippen LogP contribution in [0.25, 0.3) is 0 Å². The molecule has 2 heteroatoms. The number of nitrogen functional groups attached to an aromatic ring is 1. The lowest BCUT2D eigenvalue weighted by molar-refractivity contribution is 0.795. The van der Waals surface area contributed by atoms with Crippen molar-refractivity contribution >= 4 is 11.4 Å². The van der Waals surface area contributed by atoms with Gasteiger partial charge in [-0.25, -0.2) is 0 Å². The van der Waals surface area contributed by atoms with E-state index in [9.17, 15) is 0 Å². The van der Waals surface area contributed by atoms with Crippen molar-refractivity contribution in [1.82, 2.24) is 0 Å². The van der Waals surface area contributed by atoms with Gasteiger partial charge < -0.3 is 11.1 Å². The van der Waals surface area contributed by atoms with E-state index in [4.69, 9.17) is 5.73 Å². The highest BCUT2D eigenvalue weighted by molar-refractivity contribution is 5.46. The van der Waals surface area contributed by atoms with E-state index in [0.29, 0.717) is 0 Å². The highest BCUT2D eigenvalue weighted by Crippen LogP contribution is 2.13. The van der Waals surface area contributed by atoms with Crippen LogP contribution >= 0.6 is 0 Å². The van der Waals surface area contributed by atoms with Gasteiger partial charge in [-0.1, -0.05) is 37.6 Å². The molecule has 0 radical (unpaired) electrons. The Hall–Kier alpha value is -1.96. The number of hydrogen-bond acceptors (Lipinski definition) is 2. The molecular weight excluding hydrogens is 232 g/mol. The highest BCUT2D eigenvalue weighted by Gasteiger charge is 1.96.